The van der Waals surface area contributed by atoms with Crippen molar-refractivity contribution in [3.05, 3.63) is 129 Å². The minimum absolute atomic E-state index is 0. The standard InChI is InChI=1S/C24H29ClN2O7.C23H27ClN2O7.C2H6.3CH4.ClH/c1-24(2,22(29)32-16-33-23(30)31-15-14-26-3)34-20-10-4-17(5-11-20)12-13-27-21(28)18-6-8-19(25)9-7-18;1-23(2,21(28)31-15-32-22(29)30-14-12-25)33-19-9-3-16(4-10-19)11-13-26-20(27)17-5-7-18(24)8-6-17;1-2;;;;/h4-11,26H,12-16H2,1-3H3,(H,27,28);3-10H,11-15,25H2,1-2H3,(H,26,27);1-2H3;3*1H4;1H/i;;1D;1T;;;. The van der Waals surface area contributed by atoms with E-state index in [0.717, 1.165) is 11.1 Å². The van der Waals surface area contributed by atoms with Crippen molar-refractivity contribution < 1.29 is 69.4 Å². The summed E-state index contributed by atoms with van der Waals surface area (Å²) in [4.78, 5) is 71.3. The van der Waals surface area contributed by atoms with E-state index in [2.05, 4.69) is 30.2 Å². The zero-order chi connectivity index (χ0) is 54.0. The molecule has 0 atom stereocenters. The van der Waals surface area contributed by atoms with E-state index in [1.54, 1.807) is 101 Å². The number of halogens is 3. The molecule has 0 aliphatic heterocycles. The number of likely N-dealkylation sites (N-methyl/N-ethyl adjacent to an activating group) is 1. The van der Waals surface area contributed by atoms with E-state index in [-0.39, 0.29) is 58.8 Å². The second-order valence-electron chi connectivity index (χ2n) is 15.0. The lowest BCUT2D eigenvalue weighted by atomic mass is 10.1. The third kappa shape index (κ3) is 28.5. The molecule has 4 rings (SSSR count). The van der Waals surface area contributed by atoms with Crippen molar-refractivity contribution in [1.29, 1.82) is 0 Å². The predicted molar refractivity (Wildman–Crippen MR) is 286 cm³/mol. The molecule has 0 fully saturated rings. The molecular weight excluding hydrogens is 1010 g/mol. The summed E-state index contributed by atoms with van der Waals surface area (Å²) in [6.45, 7) is 8.95. The summed E-state index contributed by atoms with van der Waals surface area (Å²) in [5, 5.41) is 9.66. The third-order valence-electron chi connectivity index (χ3n) is 8.83. The lowest BCUT2D eigenvalue weighted by Crippen LogP contribution is -2.40. The van der Waals surface area contributed by atoms with Crippen LogP contribution < -0.4 is 31.2 Å². The Labute approximate surface area is 449 Å². The van der Waals surface area contributed by atoms with Gasteiger partial charge in [0.05, 0.1) is 0 Å². The SMILES string of the molecule is C.C.CC(C)(Oc1ccc(CCNC(=O)c2ccc(Cl)cc2)cc1)C(=O)OCOC(=O)OCCN.CNCCOC(=O)OCOC(=O)C(C)(C)Oc1ccc(CCNC(=O)c2ccc(Cl)cc2)cc1.Cl.[2H]CC.[3H]C. The predicted octanol–water partition coefficient (Wildman–Crippen LogP) is 9.78. The summed E-state index contributed by atoms with van der Waals surface area (Å²) in [6.07, 6.45) is -0.677. The molecule has 0 spiro atoms. The maximum Gasteiger partial charge on any atom is 0.511 e. The molecule has 18 nitrogen and oxygen atoms in total. The number of nitrogens with one attached hydrogen (secondary N) is 3. The van der Waals surface area contributed by atoms with Crippen LogP contribution in [0.25, 0.3) is 0 Å². The van der Waals surface area contributed by atoms with E-state index in [9.17, 15) is 28.8 Å². The number of amides is 2. The number of ether oxygens (including phenoxy) is 8. The van der Waals surface area contributed by atoms with Gasteiger partial charge in [0, 0.05) is 50.1 Å². The van der Waals surface area contributed by atoms with Crippen LogP contribution in [0.2, 0.25) is 10.0 Å². The Morgan fingerprint density at radius 1 is 0.575 bits per heavy atom. The van der Waals surface area contributed by atoms with Crippen molar-refractivity contribution in [2.24, 2.45) is 5.73 Å². The summed E-state index contributed by atoms with van der Waals surface area (Å²) in [5.74, 6) is -0.860. The Hall–Kier alpha value is -6.31. The number of esters is 2. The number of hydrogen-bond acceptors (Lipinski definition) is 16. The Morgan fingerprint density at radius 3 is 1.25 bits per heavy atom. The maximum atomic E-state index is 12.3. The van der Waals surface area contributed by atoms with Gasteiger partial charge in [0.1, 0.15) is 24.7 Å². The monoisotopic (exact) mass is 1090 g/mol. The third-order valence-corrected chi connectivity index (χ3v) is 9.33. The van der Waals surface area contributed by atoms with Crippen molar-refractivity contribution in [2.75, 3.05) is 60.0 Å². The van der Waals surface area contributed by atoms with E-state index in [0.29, 0.717) is 72.0 Å². The Morgan fingerprint density at radius 2 is 0.918 bits per heavy atom. The van der Waals surface area contributed by atoms with Crippen LogP contribution in [0.3, 0.4) is 0 Å². The van der Waals surface area contributed by atoms with Crippen molar-refractivity contribution >= 4 is 71.7 Å². The number of benzene rings is 4. The summed E-state index contributed by atoms with van der Waals surface area (Å²) >= 11 is 11.7. The van der Waals surface area contributed by atoms with Crippen LogP contribution in [0.4, 0.5) is 9.59 Å². The molecular formula is C52H75Cl3N4O14. The second kappa shape index (κ2) is 38.3. The first-order valence-electron chi connectivity index (χ1n) is 23.3. The summed E-state index contributed by atoms with van der Waals surface area (Å²) < 4.78 is 51.9. The number of hydrogen-bond donors (Lipinski definition) is 4. The molecule has 0 bridgehead atoms. The highest BCUT2D eigenvalue weighted by atomic mass is 35.5. The summed E-state index contributed by atoms with van der Waals surface area (Å²) in [5.41, 5.74) is 5.60. The molecule has 73 heavy (non-hydrogen) atoms. The summed E-state index contributed by atoms with van der Waals surface area (Å²) in [6, 6.07) is 27.5. The van der Waals surface area contributed by atoms with Crippen LogP contribution in [-0.4, -0.2) is 107 Å². The molecule has 0 aliphatic rings. The minimum atomic E-state index is -1.32. The molecule has 21 heteroatoms. The zero-order valence-electron chi connectivity index (χ0n) is 43.0. The average Bonchev–Trinajstić information content (AvgIpc) is 3.35. The Bertz CT molecular complexity index is 2230. The zero-order valence-corrected chi connectivity index (χ0v) is 43.3. The molecule has 0 unspecified atom stereocenters. The van der Waals surface area contributed by atoms with Crippen molar-refractivity contribution in [1.82, 2.24) is 16.0 Å². The van der Waals surface area contributed by atoms with Gasteiger partial charge in [0.25, 0.3) is 11.8 Å². The van der Waals surface area contributed by atoms with Gasteiger partial charge in [-0.15, -0.1) is 12.4 Å². The van der Waals surface area contributed by atoms with Gasteiger partial charge < -0.3 is 59.6 Å². The van der Waals surface area contributed by atoms with E-state index in [4.69, 9.17) is 55.4 Å². The van der Waals surface area contributed by atoms with Crippen LogP contribution in [0.5, 0.6) is 11.5 Å². The minimum Gasteiger partial charge on any atom is -0.476 e. The maximum absolute atomic E-state index is 12.3. The van der Waals surface area contributed by atoms with Gasteiger partial charge in [-0.1, -0.05) is 83.5 Å². The molecule has 0 aliphatic carbocycles. The molecule has 0 heterocycles. The smallest absolute Gasteiger partial charge is 0.476 e. The Balaban J connectivity index is -0.00000123. The fourth-order valence-electron chi connectivity index (χ4n) is 5.24. The molecule has 0 radical (unpaired) electrons. The largest absolute Gasteiger partial charge is 0.511 e. The van der Waals surface area contributed by atoms with E-state index in [1.165, 1.54) is 21.3 Å². The lowest BCUT2D eigenvalue weighted by Gasteiger charge is -2.24. The molecule has 0 aromatic heterocycles. The Kier molecular flexibility index (Phi) is 35.0. The highest BCUT2D eigenvalue weighted by molar-refractivity contribution is 6.31. The van der Waals surface area contributed by atoms with E-state index in [1.807, 2.05) is 24.3 Å². The van der Waals surface area contributed by atoms with Gasteiger partial charge in [-0.3, -0.25) is 9.59 Å². The van der Waals surface area contributed by atoms with Crippen LogP contribution in [0.15, 0.2) is 97.1 Å². The number of rotatable bonds is 23. The van der Waals surface area contributed by atoms with E-state index < -0.39 is 49.0 Å². The molecule has 4 aromatic carbocycles. The quantitative estimate of drug-likeness (QED) is 0.0234. The lowest BCUT2D eigenvalue weighted by molar-refractivity contribution is -0.169. The molecule has 0 saturated carbocycles. The number of carbonyl (C=O) groups is 6. The number of nitrogens with two attached hydrogens (primary N) is 1. The summed E-state index contributed by atoms with van der Waals surface area (Å²) in [7, 11) is 2.97. The van der Waals surface area contributed by atoms with E-state index >= 15 is 0 Å². The molecule has 408 valence electrons. The van der Waals surface area contributed by atoms with Gasteiger partial charge in [0.2, 0.25) is 13.6 Å². The van der Waals surface area contributed by atoms with Crippen LogP contribution in [0, 0.1) is 0 Å². The fraction of sp³-hybridized carbons (Fsp3) is 0.423. The molecule has 5 N–H and O–H groups in total. The van der Waals surface area contributed by atoms with Crippen LogP contribution >= 0.6 is 35.6 Å². The molecule has 0 saturated heterocycles. The highest BCUT2D eigenvalue weighted by Gasteiger charge is 2.33. The van der Waals surface area contributed by atoms with Gasteiger partial charge in [-0.05, 0) is 132 Å². The van der Waals surface area contributed by atoms with Gasteiger partial charge in [0.15, 0.2) is 11.2 Å². The van der Waals surface area contributed by atoms with Crippen molar-refractivity contribution in [3.63, 3.8) is 0 Å². The first-order valence-corrected chi connectivity index (χ1v) is 22.3. The van der Waals surface area contributed by atoms with Crippen LogP contribution in [-0.2, 0) is 50.9 Å². The highest BCUT2D eigenvalue weighted by Crippen LogP contribution is 2.22. The first-order chi connectivity index (χ1) is 34.3. The normalized spacial score (nSPS) is 10.3. The van der Waals surface area contributed by atoms with Gasteiger partial charge in [-0.25, -0.2) is 19.2 Å². The number of carbonyl (C=O) groups excluding carboxylic acids is 6. The van der Waals surface area contributed by atoms with Crippen LogP contribution in [0.1, 0.15) is 98.4 Å². The van der Waals surface area contributed by atoms with Crippen molar-refractivity contribution in [2.45, 2.75) is 87.8 Å². The second-order valence-corrected chi connectivity index (χ2v) is 15.9. The topological polar surface area (TPSA) is 238 Å². The molecule has 2 amide bonds. The molecule has 4 aromatic rings. The first kappa shape index (κ1) is 66.7. The van der Waals surface area contributed by atoms with Crippen molar-refractivity contribution in [3.8, 4) is 11.5 Å². The fourth-order valence-corrected chi connectivity index (χ4v) is 5.49. The average molecular weight is 1090 g/mol. The van der Waals surface area contributed by atoms with Gasteiger partial charge in [-0.2, -0.15) is 0 Å². The van der Waals surface area contributed by atoms with Gasteiger partial charge >= 0.3 is 24.2 Å².